The van der Waals surface area contributed by atoms with Crippen molar-refractivity contribution in [2.75, 3.05) is 39.4 Å². The second-order valence-corrected chi connectivity index (χ2v) is 7.38. The summed E-state index contributed by atoms with van der Waals surface area (Å²) in [5.41, 5.74) is -0.111. The molecular formula is C18H25ClN4O3. The first kappa shape index (κ1) is 19.0. The Kier molecular flexibility index (Phi) is 5.77. The standard InChI is InChI=1S/C18H25ClN4O3/c1-3-22-12-18(14(16(22)24)11-26-4-2)5-7-23(8-6-18)17(25)15-20-9-13(19)10-21-15/h9-10,14H,3-8,11-12H2,1-2H3. The first-order valence-corrected chi connectivity index (χ1v) is 9.52. The molecule has 0 aliphatic carbocycles. The Labute approximate surface area is 158 Å². The molecule has 3 heterocycles. The Morgan fingerprint density at radius 2 is 1.96 bits per heavy atom. The van der Waals surface area contributed by atoms with Gasteiger partial charge < -0.3 is 14.5 Å². The highest BCUT2D eigenvalue weighted by molar-refractivity contribution is 6.30. The van der Waals surface area contributed by atoms with E-state index in [2.05, 4.69) is 9.97 Å². The summed E-state index contributed by atoms with van der Waals surface area (Å²) >= 11 is 5.78. The highest BCUT2D eigenvalue weighted by atomic mass is 35.5. The van der Waals surface area contributed by atoms with Gasteiger partial charge in [-0.05, 0) is 26.7 Å². The number of piperidine rings is 1. The molecule has 0 aromatic carbocycles. The molecule has 2 aliphatic heterocycles. The molecule has 0 bridgehead atoms. The summed E-state index contributed by atoms with van der Waals surface area (Å²) < 4.78 is 5.60. The highest BCUT2D eigenvalue weighted by Crippen LogP contribution is 2.45. The van der Waals surface area contributed by atoms with Crippen molar-refractivity contribution in [3.05, 3.63) is 23.2 Å². The van der Waals surface area contributed by atoms with Crippen molar-refractivity contribution < 1.29 is 14.3 Å². The van der Waals surface area contributed by atoms with E-state index in [1.165, 1.54) is 12.4 Å². The molecule has 1 aromatic heterocycles. The lowest BCUT2D eigenvalue weighted by Gasteiger charge is -2.41. The van der Waals surface area contributed by atoms with Gasteiger partial charge in [-0.3, -0.25) is 9.59 Å². The number of hydrogen-bond donors (Lipinski definition) is 0. The molecule has 2 aliphatic rings. The van der Waals surface area contributed by atoms with E-state index in [0.29, 0.717) is 37.9 Å². The van der Waals surface area contributed by atoms with E-state index in [4.69, 9.17) is 16.3 Å². The van der Waals surface area contributed by atoms with Crippen molar-refractivity contribution in [1.29, 1.82) is 0 Å². The van der Waals surface area contributed by atoms with Gasteiger partial charge in [-0.25, -0.2) is 9.97 Å². The van der Waals surface area contributed by atoms with Crippen LogP contribution < -0.4 is 0 Å². The van der Waals surface area contributed by atoms with Gasteiger partial charge in [0.05, 0.1) is 17.5 Å². The monoisotopic (exact) mass is 380 g/mol. The number of aromatic nitrogens is 2. The molecule has 0 saturated carbocycles. The van der Waals surface area contributed by atoms with Crippen LogP contribution in [-0.4, -0.2) is 71.0 Å². The maximum absolute atomic E-state index is 12.7. The van der Waals surface area contributed by atoms with Crippen molar-refractivity contribution in [1.82, 2.24) is 19.8 Å². The first-order chi connectivity index (χ1) is 12.5. The Bertz CT molecular complexity index is 659. The second kappa shape index (κ2) is 7.88. The number of carbonyl (C=O) groups is 2. The topological polar surface area (TPSA) is 75.6 Å². The van der Waals surface area contributed by atoms with Gasteiger partial charge in [0.15, 0.2) is 0 Å². The summed E-state index contributed by atoms with van der Waals surface area (Å²) in [5.74, 6) is 0.0386. The van der Waals surface area contributed by atoms with Crippen molar-refractivity contribution in [2.45, 2.75) is 26.7 Å². The zero-order valence-electron chi connectivity index (χ0n) is 15.3. The van der Waals surface area contributed by atoms with Crippen LogP contribution in [0.15, 0.2) is 12.4 Å². The smallest absolute Gasteiger partial charge is 0.291 e. The fraction of sp³-hybridized carbons (Fsp3) is 0.667. The van der Waals surface area contributed by atoms with E-state index < -0.39 is 0 Å². The molecule has 26 heavy (non-hydrogen) atoms. The molecule has 1 atom stereocenters. The molecule has 0 N–H and O–H groups in total. The summed E-state index contributed by atoms with van der Waals surface area (Å²) in [6, 6.07) is 0. The summed E-state index contributed by atoms with van der Waals surface area (Å²) in [6.45, 7) is 7.66. The second-order valence-electron chi connectivity index (χ2n) is 6.94. The molecule has 0 radical (unpaired) electrons. The lowest BCUT2D eigenvalue weighted by molar-refractivity contribution is -0.133. The number of ether oxygens (including phenoxy) is 1. The van der Waals surface area contributed by atoms with Gasteiger partial charge in [-0.1, -0.05) is 11.6 Å². The fourth-order valence-corrected chi connectivity index (χ4v) is 4.13. The van der Waals surface area contributed by atoms with Crippen LogP contribution in [0.2, 0.25) is 5.02 Å². The van der Waals surface area contributed by atoms with Crippen LogP contribution in [-0.2, 0) is 9.53 Å². The predicted octanol–water partition coefficient (Wildman–Crippen LogP) is 1.87. The van der Waals surface area contributed by atoms with E-state index in [9.17, 15) is 9.59 Å². The van der Waals surface area contributed by atoms with E-state index in [0.717, 1.165) is 19.4 Å². The molecule has 8 heteroatoms. The Morgan fingerprint density at radius 3 is 2.54 bits per heavy atom. The molecule has 1 aromatic rings. The Hall–Kier alpha value is -1.73. The minimum Gasteiger partial charge on any atom is -0.381 e. The maximum Gasteiger partial charge on any atom is 0.291 e. The van der Waals surface area contributed by atoms with E-state index >= 15 is 0 Å². The quantitative estimate of drug-likeness (QED) is 0.779. The van der Waals surface area contributed by atoms with Gasteiger partial charge in [-0.15, -0.1) is 0 Å². The molecule has 2 fully saturated rings. The van der Waals surface area contributed by atoms with Gasteiger partial charge in [-0.2, -0.15) is 0 Å². The van der Waals surface area contributed by atoms with Crippen LogP contribution in [0.25, 0.3) is 0 Å². The molecule has 1 spiro atoms. The maximum atomic E-state index is 12.7. The van der Waals surface area contributed by atoms with Crippen LogP contribution in [0, 0.1) is 11.3 Å². The number of amides is 2. The van der Waals surface area contributed by atoms with Gasteiger partial charge in [0, 0.05) is 50.6 Å². The molecular weight excluding hydrogens is 356 g/mol. The lowest BCUT2D eigenvalue weighted by atomic mass is 9.71. The average Bonchev–Trinajstić information content (AvgIpc) is 2.92. The SMILES string of the molecule is CCOCC1C(=O)N(CC)CC12CCN(C(=O)c1ncc(Cl)cn1)CC2. The third kappa shape index (κ3) is 3.55. The van der Waals surface area contributed by atoms with Crippen molar-refractivity contribution >= 4 is 23.4 Å². The third-order valence-electron chi connectivity index (χ3n) is 5.58. The summed E-state index contributed by atoms with van der Waals surface area (Å²) in [7, 11) is 0. The Balaban J connectivity index is 1.70. The summed E-state index contributed by atoms with van der Waals surface area (Å²) in [5, 5.41) is 0.405. The highest BCUT2D eigenvalue weighted by Gasteiger charge is 2.53. The summed E-state index contributed by atoms with van der Waals surface area (Å²) in [4.78, 5) is 37.1. The normalized spacial score (nSPS) is 22.3. The number of likely N-dealkylation sites (tertiary alicyclic amines) is 2. The number of rotatable bonds is 5. The minimum atomic E-state index is -0.186. The van der Waals surface area contributed by atoms with Crippen LogP contribution in [0.4, 0.5) is 0 Å². The van der Waals surface area contributed by atoms with Crippen molar-refractivity contribution in [3.63, 3.8) is 0 Å². The zero-order valence-corrected chi connectivity index (χ0v) is 16.0. The average molecular weight is 381 g/mol. The number of hydrogen-bond acceptors (Lipinski definition) is 5. The van der Waals surface area contributed by atoms with Crippen LogP contribution in [0.3, 0.4) is 0 Å². The molecule has 3 rings (SSSR count). The van der Waals surface area contributed by atoms with Crippen LogP contribution in [0.5, 0.6) is 0 Å². The van der Waals surface area contributed by atoms with Gasteiger partial charge >= 0.3 is 0 Å². The van der Waals surface area contributed by atoms with E-state index in [1.807, 2.05) is 18.7 Å². The van der Waals surface area contributed by atoms with Crippen molar-refractivity contribution in [2.24, 2.45) is 11.3 Å². The molecule has 7 nitrogen and oxygen atoms in total. The van der Waals surface area contributed by atoms with Crippen LogP contribution >= 0.6 is 11.6 Å². The molecule has 2 saturated heterocycles. The number of carbonyl (C=O) groups excluding carboxylic acids is 2. The fourth-order valence-electron chi connectivity index (χ4n) is 4.03. The van der Waals surface area contributed by atoms with Gasteiger partial charge in [0.25, 0.3) is 5.91 Å². The van der Waals surface area contributed by atoms with E-state index in [1.54, 1.807) is 4.90 Å². The van der Waals surface area contributed by atoms with Gasteiger partial charge in [0.2, 0.25) is 11.7 Å². The number of nitrogens with zero attached hydrogens (tertiary/aromatic N) is 4. The molecule has 142 valence electrons. The largest absolute Gasteiger partial charge is 0.381 e. The minimum absolute atomic E-state index is 0.111. The lowest BCUT2D eigenvalue weighted by Crippen LogP contribution is -2.47. The van der Waals surface area contributed by atoms with Crippen LogP contribution in [0.1, 0.15) is 37.3 Å². The van der Waals surface area contributed by atoms with Crippen molar-refractivity contribution in [3.8, 4) is 0 Å². The molecule has 1 unspecified atom stereocenters. The van der Waals surface area contributed by atoms with Gasteiger partial charge in [0.1, 0.15) is 0 Å². The first-order valence-electron chi connectivity index (χ1n) is 9.14. The predicted molar refractivity (Wildman–Crippen MR) is 96.8 cm³/mol. The number of halogens is 1. The molecule has 2 amide bonds. The third-order valence-corrected chi connectivity index (χ3v) is 5.78. The van der Waals surface area contributed by atoms with E-state index in [-0.39, 0.29) is 29.0 Å². The summed E-state index contributed by atoms with van der Waals surface area (Å²) in [6.07, 6.45) is 4.43. The zero-order chi connectivity index (χ0) is 18.7. The Morgan fingerprint density at radius 1 is 1.31 bits per heavy atom.